The summed E-state index contributed by atoms with van der Waals surface area (Å²) in [5.41, 5.74) is 2.62. The molecule has 98 valence electrons. The van der Waals surface area contributed by atoms with Gasteiger partial charge in [0.25, 0.3) is 0 Å². The van der Waals surface area contributed by atoms with Crippen LogP contribution in [-0.2, 0) is 10.2 Å². The molecular weight excluding hydrogens is 234 g/mol. The summed E-state index contributed by atoms with van der Waals surface area (Å²) in [6.45, 7) is 4.06. The fourth-order valence-electron chi connectivity index (χ4n) is 4.74. The van der Waals surface area contributed by atoms with E-state index in [0.717, 1.165) is 5.69 Å². The fraction of sp³-hybridized carbons (Fsp3) is 0.471. The molecule has 2 bridgehead atoms. The van der Waals surface area contributed by atoms with E-state index in [1.807, 2.05) is 6.07 Å². The van der Waals surface area contributed by atoms with Gasteiger partial charge in [0.15, 0.2) is 0 Å². The zero-order valence-corrected chi connectivity index (χ0v) is 11.5. The van der Waals surface area contributed by atoms with Gasteiger partial charge in [-0.1, -0.05) is 37.3 Å². The first-order valence-electron chi connectivity index (χ1n) is 7.21. The summed E-state index contributed by atoms with van der Waals surface area (Å²) in [5.74, 6) is 1.28. The van der Waals surface area contributed by atoms with Gasteiger partial charge in [-0.05, 0) is 36.3 Å². The summed E-state index contributed by atoms with van der Waals surface area (Å²) < 4.78 is 0. The minimum atomic E-state index is 0.111. The minimum Gasteiger partial charge on any atom is -0.308 e. The third-order valence-electron chi connectivity index (χ3n) is 5.55. The van der Waals surface area contributed by atoms with Gasteiger partial charge in [0.1, 0.15) is 0 Å². The summed E-state index contributed by atoms with van der Waals surface area (Å²) in [6.07, 6.45) is 7.22. The maximum Gasteiger partial charge on any atom is 0.224 e. The largest absolute Gasteiger partial charge is 0.308 e. The van der Waals surface area contributed by atoms with Gasteiger partial charge in [0.05, 0.1) is 6.04 Å². The first-order chi connectivity index (χ1) is 9.14. The number of benzene rings is 1. The highest BCUT2D eigenvalue weighted by molar-refractivity contribution is 5.96. The normalized spacial score (nSPS) is 38.2. The van der Waals surface area contributed by atoms with Crippen molar-refractivity contribution in [2.24, 2.45) is 11.8 Å². The lowest BCUT2D eigenvalue weighted by Crippen LogP contribution is -2.57. The molecule has 0 N–H and O–H groups in total. The first-order valence-corrected chi connectivity index (χ1v) is 7.21. The van der Waals surface area contributed by atoms with Crippen molar-refractivity contribution in [3.8, 4) is 0 Å². The van der Waals surface area contributed by atoms with Crippen molar-refractivity contribution in [1.29, 1.82) is 0 Å². The Balaban J connectivity index is 1.99. The van der Waals surface area contributed by atoms with E-state index in [9.17, 15) is 4.79 Å². The lowest BCUT2D eigenvalue weighted by Gasteiger charge is -2.51. The van der Waals surface area contributed by atoms with Gasteiger partial charge in [-0.3, -0.25) is 4.79 Å². The second-order valence-electron chi connectivity index (χ2n) is 6.37. The molecule has 1 aromatic rings. The van der Waals surface area contributed by atoms with Crippen molar-refractivity contribution in [2.75, 3.05) is 4.90 Å². The minimum absolute atomic E-state index is 0.111. The Bertz CT molecular complexity index is 591. The number of hydrogen-bond acceptors (Lipinski definition) is 1. The second kappa shape index (κ2) is 3.50. The maximum absolute atomic E-state index is 12.2. The van der Waals surface area contributed by atoms with Crippen molar-refractivity contribution < 1.29 is 4.79 Å². The molecule has 1 heterocycles. The van der Waals surface area contributed by atoms with E-state index in [1.54, 1.807) is 6.92 Å². The molecule has 4 atom stereocenters. The zero-order valence-electron chi connectivity index (χ0n) is 11.5. The van der Waals surface area contributed by atoms with Crippen molar-refractivity contribution in [2.45, 2.75) is 38.1 Å². The molecule has 2 heteroatoms. The quantitative estimate of drug-likeness (QED) is 0.650. The zero-order chi connectivity index (χ0) is 13.2. The SMILES string of the molecule is CC(=O)N1c2ccccc2[C@@]2(C)[C@@H]3C=C[C@@H](CC3)[C@@H]12. The predicted octanol–water partition coefficient (Wildman–Crippen LogP) is 3.28. The van der Waals surface area contributed by atoms with Gasteiger partial charge in [-0.15, -0.1) is 0 Å². The van der Waals surface area contributed by atoms with Crippen molar-refractivity contribution in [1.82, 2.24) is 0 Å². The Morgan fingerprint density at radius 3 is 2.74 bits per heavy atom. The van der Waals surface area contributed by atoms with Crippen LogP contribution in [0.25, 0.3) is 0 Å². The average Bonchev–Trinajstić information content (AvgIpc) is 2.72. The van der Waals surface area contributed by atoms with Gasteiger partial charge < -0.3 is 4.90 Å². The number of amides is 1. The van der Waals surface area contributed by atoms with Crippen LogP contribution in [0.2, 0.25) is 0 Å². The molecule has 0 unspecified atom stereocenters. The van der Waals surface area contributed by atoms with E-state index in [4.69, 9.17) is 0 Å². The van der Waals surface area contributed by atoms with Gasteiger partial charge in [-0.2, -0.15) is 0 Å². The standard InChI is InChI=1S/C17H19NO/c1-11(19)18-15-6-4-3-5-14(15)17(2)13-9-7-12(8-10-13)16(17)18/h3-7,9,12-13,16H,8,10H2,1-2H3/t12-,13+,16+,17+/m0/s1. The van der Waals surface area contributed by atoms with Crippen LogP contribution < -0.4 is 4.90 Å². The molecule has 1 aromatic carbocycles. The average molecular weight is 253 g/mol. The molecule has 0 aromatic heterocycles. The third-order valence-corrected chi connectivity index (χ3v) is 5.55. The molecule has 5 rings (SSSR count). The van der Waals surface area contributed by atoms with Crippen LogP contribution in [0.1, 0.15) is 32.3 Å². The molecule has 1 saturated carbocycles. The van der Waals surface area contributed by atoms with Crippen LogP contribution in [-0.4, -0.2) is 11.9 Å². The van der Waals surface area contributed by atoms with Crippen LogP contribution in [0.5, 0.6) is 0 Å². The number of anilines is 1. The molecule has 4 aliphatic rings. The Labute approximate surface area is 114 Å². The molecule has 0 radical (unpaired) electrons. The van der Waals surface area contributed by atoms with Gasteiger partial charge >= 0.3 is 0 Å². The van der Waals surface area contributed by atoms with E-state index in [1.165, 1.54) is 18.4 Å². The highest BCUT2D eigenvalue weighted by atomic mass is 16.2. The lowest BCUT2D eigenvalue weighted by molar-refractivity contribution is -0.117. The summed E-state index contributed by atoms with van der Waals surface area (Å²) in [5, 5.41) is 0. The summed E-state index contributed by atoms with van der Waals surface area (Å²) in [6, 6.07) is 8.81. The van der Waals surface area contributed by atoms with E-state index >= 15 is 0 Å². The van der Waals surface area contributed by atoms with Crippen LogP contribution in [0.3, 0.4) is 0 Å². The Morgan fingerprint density at radius 1 is 1.26 bits per heavy atom. The summed E-state index contributed by atoms with van der Waals surface area (Å²) >= 11 is 0. The molecule has 3 aliphatic carbocycles. The number of allylic oxidation sites excluding steroid dienone is 1. The molecular formula is C17H19NO. The fourth-order valence-corrected chi connectivity index (χ4v) is 4.74. The van der Waals surface area contributed by atoms with Crippen LogP contribution >= 0.6 is 0 Å². The highest BCUT2D eigenvalue weighted by Crippen LogP contribution is 2.59. The van der Waals surface area contributed by atoms with Crippen molar-refractivity contribution in [3.05, 3.63) is 42.0 Å². The van der Waals surface area contributed by atoms with Gasteiger partial charge in [-0.25, -0.2) is 0 Å². The van der Waals surface area contributed by atoms with E-state index in [2.05, 4.69) is 42.2 Å². The van der Waals surface area contributed by atoms with Gasteiger partial charge in [0.2, 0.25) is 5.91 Å². The Hall–Kier alpha value is -1.57. The van der Waals surface area contributed by atoms with Crippen molar-refractivity contribution >= 4 is 11.6 Å². The molecule has 0 saturated heterocycles. The number of rotatable bonds is 0. The third kappa shape index (κ3) is 1.20. The van der Waals surface area contributed by atoms with E-state index in [0.29, 0.717) is 17.9 Å². The number of fused-ring (bicyclic) bond motifs is 2. The molecule has 2 nitrogen and oxygen atoms in total. The van der Waals surface area contributed by atoms with E-state index in [-0.39, 0.29) is 11.3 Å². The van der Waals surface area contributed by atoms with Crippen LogP contribution in [0.15, 0.2) is 36.4 Å². The first kappa shape index (κ1) is 11.3. The van der Waals surface area contributed by atoms with Crippen molar-refractivity contribution in [3.63, 3.8) is 0 Å². The number of carbonyl (C=O) groups excluding carboxylic acids is 1. The maximum atomic E-state index is 12.2. The number of hydrogen-bond donors (Lipinski definition) is 0. The Kier molecular flexibility index (Phi) is 2.08. The molecule has 0 spiro atoms. The summed E-state index contributed by atoms with van der Waals surface area (Å²) in [4.78, 5) is 14.2. The topological polar surface area (TPSA) is 20.3 Å². The molecule has 1 amide bonds. The molecule has 1 fully saturated rings. The van der Waals surface area contributed by atoms with Gasteiger partial charge in [0, 0.05) is 18.0 Å². The second-order valence-corrected chi connectivity index (χ2v) is 6.37. The smallest absolute Gasteiger partial charge is 0.224 e. The number of nitrogens with zero attached hydrogens (tertiary/aromatic N) is 1. The summed E-state index contributed by atoms with van der Waals surface area (Å²) in [7, 11) is 0. The van der Waals surface area contributed by atoms with Crippen LogP contribution in [0, 0.1) is 11.8 Å². The van der Waals surface area contributed by atoms with Crippen LogP contribution in [0.4, 0.5) is 5.69 Å². The monoisotopic (exact) mass is 253 g/mol. The molecule has 19 heavy (non-hydrogen) atoms. The number of para-hydroxylation sites is 1. The highest BCUT2D eigenvalue weighted by Gasteiger charge is 2.58. The van der Waals surface area contributed by atoms with E-state index < -0.39 is 0 Å². The Morgan fingerprint density at radius 2 is 2.05 bits per heavy atom. The molecule has 1 aliphatic heterocycles. The number of carbonyl (C=O) groups is 1. The lowest BCUT2D eigenvalue weighted by atomic mass is 9.56. The predicted molar refractivity (Wildman–Crippen MR) is 76.1 cm³/mol.